The lowest BCUT2D eigenvalue weighted by Gasteiger charge is -2.11. The topological polar surface area (TPSA) is 74.6 Å². The molecule has 86 valence electrons. The third-order valence-electron chi connectivity index (χ3n) is 2.50. The molecule has 1 aromatic carbocycles. The summed E-state index contributed by atoms with van der Waals surface area (Å²) in [6, 6.07) is 7.40. The number of aryl methyl sites for hydroxylation is 1. The summed E-state index contributed by atoms with van der Waals surface area (Å²) in [6.07, 6.45) is -0.0853. The minimum atomic E-state index is -1.08. The van der Waals surface area contributed by atoms with Crippen LogP contribution in [0.2, 0.25) is 0 Å². The Labute approximate surface area is 93.5 Å². The molecular weight excluding hydrogens is 208 g/mol. The van der Waals surface area contributed by atoms with Gasteiger partial charge in [-0.05, 0) is 24.5 Å². The van der Waals surface area contributed by atoms with Gasteiger partial charge in [0.1, 0.15) is 0 Å². The first-order valence-corrected chi connectivity index (χ1v) is 5.00. The number of rotatable bonds is 5. The molecule has 0 aliphatic rings. The summed E-state index contributed by atoms with van der Waals surface area (Å²) in [7, 11) is 0. The van der Waals surface area contributed by atoms with Crippen molar-refractivity contribution >= 4 is 11.9 Å². The Morgan fingerprint density at radius 2 is 1.88 bits per heavy atom. The summed E-state index contributed by atoms with van der Waals surface area (Å²) in [5.41, 5.74) is 1.87. The summed E-state index contributed by atoms with van der Waals surface area (Å²) in [6.45, 7) is 1.88. The average molecular weight is 222 g/mol. The molecule has 0 aliphatic carbocycles. The molecule has 0 heterocycles. The number of carboxylic acid groups (broad SMARTS) is 2. The van der Waals surface area contributed by atoms with Crippen LogP contribution >= 0.6 is 0 Å². The number of carbonyl (C=O) groups is 2. The highest BCUT2D eigenvalue weighted by Crippen LogP contribution is 2.16. The number of hydrogen-bond acceptors (Lipinski definition) is 2. The van der Waals surface area contributed by atoms with Gasteiger partial charge in [-0.15, -0.1) is 0 Å². The summed E-state index contributed by atoms with van der Waals surface area (Å²) in [4.78, 5) is 21.4. The molecule has 16 heavy (non-hydrogen) atoms. The number of benzene rings is 1. The van der Waals surface area contributed by atoms with Crippen molar-refractivity contribution in [3.8, 4) is 0 Å². The van der Waals surface area contributed by atoms with E-state index in [9.17, 15) is 9.59 Å². The minimum Gasteiger partial charge on any atom is -0.481 e. The summed E-state index contributed by atoms with van der Waals surface area (Å²) in [5.74, 6) is -3.01. The van der Waals surface area contributed by atoms with Crippen LogP contribution in [0.15, 0.2) is 24.3 Å². The van der Waals surface area contributed by atoms with Gasteiger partial charge in [0.25, 0.3) is 0 Å². The Kier molecular flexibility index (Phi) is 4.05. The van der Waals surface area contributed by atoms with E-state index in [1.54, 1.807) is 0 Å². The maximum Gasteiger partial charge on any atom is 0.307 e. The highest BCUT2D eigenvalue weighted by Gasteiger charge is 2.21. The van der Waals surface area contributed by atoms with Gasteiger partial charge in [0, 0.05) is 0 Å². The van der Waals surface area contributed by atoms with Crippen LogP contribution in [0.4, 0.5) is 0 Å². The van der Waals surface area contributed by atoms with Crippen LogP contribution in [0.25, 0.3) is 0 Å². The molecule has 0 radical (unpaired) electrons. The first kappa shape index (κ1) is 12.2. The van der Waals surface area contributed by atoms with E-state index in [1.807, 2.05) is 31.2 Å². The molecule has 1 unspecified atom stereocenters. The Morgan fingerprint density at radius 3 is 2.38 bits per heavy atom. The van der Waals surface area contributed by atoms with Crippen molar-refractivity contribution in [1.29, 1.82) is 0 Å². The Bertz CT molecular complexity index is 398. The third kappa shape index (κ3) is 3.38. The summed E-state index contributed by atoms with van der Waals surface area (Å²) < 4.78 is 0. The van der Waals surface area contributed by atoms with Crippen molar-refractivity contribution in [3.05, 3.63) is 35.4 Å². The van der Waals surface area contributed by atoms with Gasteiger partial charge in [0.15, 0.2) is 0 Å². The molecule has 2 N–H and O–H groups in total. The van der Waals surface area contributed by atoms with Crippen LogP contribution in [0.3, 0.4) is 0 Å². The molecule has 0 saturated heterocycles. The monoisotopic (exact) mass is 222 g/mol. The fourth-order valence-corrected chi connectivity index (χ4v) is 1.56. The second-order valence-corrected chi connectivity index (χ2v) is 3.76. The van der Waals surface area contributed by atoms with Gasteiger partial charge < -0.3 is 10.2 Å². The quantitative estimate of drug-likeness (QED) is 0.795. The van der Waals surface area contributed by atoms with E-state index in [0.717, 1.165) is 11.1 Å². The molecule has 0 aromatic heterocycles. The predicted molar refractivity (Wildman–Crippen MR) is 58.3 cm³/mol. The van der Waals surface area contributed by atoms with Gasteiger partial charge in [-0.1, -0.05) is 24.3 Å². The van der Waals surface area contributed by atoms with Crippen molar-refractivity contribution in [1.82, 2.24) is 0 Å². The molecule has 0 bridgehead atoms. The molecule has 0 aliphatic heterocycles. The number of hydrogen-bond donors (Lipinski definition) is 2. The van der Waals surface area contributed by atoms with E-state index in [2.05, 4.69) is 0 Å². The molecule has 4 nitrogen and oxygen atoms in total. The highest BCUT2D eigenvalue weighted by molar-refractivity contribution is 5.78. The van der Waals surface area contributed by atoms with E-state index in [-0.39, 0.29) is 12.8 Å². The molecule has 0 spiro atoms. The maximum atomic E-state index is 10.9. The van der Waals surface area contributed by atoms with E-state index < -0.39 is 17.9 Å². The zero-order chi connectivity index (χ0) is 12.1. The smallest absolute Gasteiger partial charge is 0.307 e. The lowest BCUT2D eigenvalue weighted by Crippen LogP contribution is -2.20. The van der Waals surface area contributed by atoms with Crippen molar-refractivity contribution in [2.45, 2.75) is 19.8 Å². The maximum absolute atomic E-state index is 10.9. The van der Waals surface area contributed by atoms with Gasteiger partial charge in [0.2, 0.25) is 0 Å². The van der Waals surface area contributed by atoms with E-state index in [1.165, 1.54) is 0 Å². The molecule has 1 rings (SSSR count). The van der Waals surface area contributed by atoms with Crippen molar-refractivity contribution in [2.75, 3.05) is 0 Å². The van der Waals surface area contributed by atoms with Crippen molar-refractivity contribution in [3.63, 3.8) is 0 Å². The largest absolute Gasteiger partial charge is 0.481 e. The molecular formula is C12H14O4. The van der Waals surface area contributed by atoms with Gasteiger partial charge in [-0.25, -0.2) is 0 Å². The molecule has 1 atom stereocenters. The second-order valence-electron chi connectivity index (χ2n) is 3.76. The molecule has 0 fully saturated rings. The second kappa shape index (κ2) is 5.30. The fraction of sp³-hybridized carbons (Fsp3) is 0.333. The van der Waals surface area contributed by atoms with Crippen LogP contribution in [0.5, 0.6) is 0 Å². The van der Waals surface area contributed by atoms with E-state index in [4.69, 9.17) is 10.2 Å². The first-order chi connectivity index (χ1) is 7.50. The molecule has 1 aromatic rings. The minimum absolute atomic E-state index is 0.258. The molecule has 4 heteroatoms. The Balaban J connectivity index is 2.80. The van der Waals surface area contributed by atoms with Crippen LogP contribution < -0.4 is 0 Å². The summed E-state index contributed by atoms with van der Waals surface area (Å²) in [5, 5.41) is 17.5. The van der Waals surface area contributed by atoms with Crippen LogP contribution in [-0.2, 0) is 16.0 Å². The van der Waals surface area contributed by atoms with Crippen molar-refractivity contribution in [2.24, 2.45) is 5.92 Å². The standard InChI is InChI=1S/C12H14O4/c1-8-4-2-3-5-9(8)6-10(12(15)16)7-11(13)14/h2-5,10H,6-7H2,1H3,(H,13,14)(H,15,16). The lowest BCUT2D eigenvalue weighted by molar-refractivity contribution is -0.148. The van der Waals surface area contributed by atoms with E-state index in [0.29, 0.717) is 0 Å². The lowest BCUT2D eigenvalue weighted by atomic mass is 9.94. The van der Waals surface area contributed by atoms with Gasteiger partial charge in [-0.3, -0.25) is 9.59 Å². The Morgan fingerprint density at radius 1 is 1.25 bits per heavy atom. The average Bonchev–Trinajstić information content (AvgIpc) is 2.19. The zero-order valence-corrected chi connectivity index (χ0v) is 9.01. The van der Waals surface area contributed by atoms with Crippen LogP contribution in [-0.4, -0.2) is 22.2 Å². The predicted octanol–water partition coefficient (Wildman–Crippen LogP) is 1.71. The first-order valence-electron chi connectivity index (χ1n) is 5.00. The van der Waals surface area contributed by atoms with Gasteiger partial charge in [0.05, 0.1) is 12.3 Å². The number of carboxylic acids is 2. The van der Waals surface area contributed by atoms with Crippen LogP contribution in [0.1, 0.15) is 17.5 Å². The zero-order valence-electron chi connectivity index (χ0n) is 9.01. The highest BCUT2D eigenvalue weighted by atomic mass is 16.4. The third-order valence-corrected chi connectivity index (χ3v) is 2.50. The fourth-order valence-electron chi connectivity index (χ4n) is 1.56. The normalized spacial score (nSPS) is 12.1. The van der Waals surface area contributed by atoms with Gasteiger partial charge >= 0.3 is 11.9 Å². The molecule has 0 saturated carbocycles. The van der Waals surface area contributed by atoms with E-state index >= 15 is 0 Å². The SMILES string of the molecule is Cc1ccccc1CC(CC(=O)O)C(=O)O. The van der Waals surface area contributed by atoms with Crippen molar-refractivity contribution < 1.29 is 19.8 Å². The van der Waals surface area contributed by atoms with Gasteiger partial charge in [-0.2, -0.15) is 0 Å². The Hall–Kier alpha value is -1.84. The summed E-state index contributed by atoms with van der Waals surface area (Å²) >= 11 is 0. The molecule has 0 amide bonds. The number of aliphatic carboxylic acids is 2. The van der Waals surface area contributed by atoms with Crippen LogP contribution in [0, 0.1) is 12.8 Å².